The minimum Gasteiger partial charge on any atom is -0.481 e. The number of aromatic carboxylic acids is 1. The van der Waals surface area contributed by atoms with Crippen LogP contribution in [0, 0.1) is 10.1 Å². The molecular weight excluding hydrogens is 576 g/mol. The molecule has 0 amide bonds. The average molecular weight is 595 g/mol. The van der Waals surface area contributed by atoms with Crippen molar-refractivity contribution in [2.45, 2.75) is 6.61 Å². The lowest BCUT2D eigenvalue weighted by molar-refractivity contribution is -0.385. The van der Waals surface area contributed by atoms with Gasteiger partial charge in [0.15, 0.2) is 5.76 Å². The van der Waals surface area contributed by atoms with Crippen LogP contribution in [0.15, 0.2) is 105 Å². The fraction of sp³-hybridized carbons (Fsp3) is 0.0323. The predicted molar refractivity (Wildman–Crippen MR) is 160 cm³/mol. The summed E-state index contributed by atoms with van der Waals surface area (Å²) in [6.07, 6.45) is 1.23. The first-order valence-corrected chi connectivity index (χ1v) is 13.1. The summed E-state index contributed by atoms with van der Waals surface area (Å²) in [6, 6.07) is 24.3. The molecule has 6 rings (SSSR count). The number of nitro groups is 1. The fourth-order valence-corrected chi connectivity index (χ4v) is 4.71. The number of aromatic nitrogens is 2. The van der Waals surface area contributed by atoms with Crippen LogP contribution in [-0.2, 0) is 6.61 Å². The zero-order valence-corrected chi connectivity index (χ0v) is 22.8. The van der Waals surface area contributed by atoms with Gasteiger partial charge in [0.25, 0.3) is 5.56 Å². The average Bonchev–Trinajstić information content (AvgIpc) is 3.44. The molecule has 0 saturated carbocycles. The molecule has 43 heavy (non-hydrogen) atoms. The maximum absolute atomic E-state index is 13.6. The number of halogens is 1. The molecule has 0 unspecified atom stereocenters. The highest BCUT2D eigenvalue weighted by atomic mass is 35.5. The van der Waals surface area contributed by atoms with Gasteiger partial charge < -0.3 is 14.3 Å². The Hall–Kier alpha value is -5.81. The van der Waals surface area contributed by atoms with E-state index in [1.807, 2.05) is 18.2 Å². The first-order chi connectivity index (χ1) is 20.8. The Bertz CT molecular complexity index is 2100. The lowest BCUT2D eigenvalue weighted by Crippen LogP contribution is -2.20. The number of nitrogens with zero attached hydrogens (tertiary/aromatic N) is 4. The largest absolute Gasteiger partial charge is 0.481 e. The molecule has 6 aromatic rings. The molecule has 0 spiro atoms. The van der Waals surface area contributed by atoms with Gasteiger partial charge in [0.05, 0.1) is 27.6 Å². The van der Waals surface area contributed by atoms with Crippen molar-refractivity contribution < 1.29 is 24.0 Å². The van der Waals surface area contributed by atoms with Gasteiger partial charge in [0.2, 0.25) is 11.6 Å². The number of nitro benzene ring substituents is 1. The lowest BCUT2D eigenvalue weighted by atomic mass is 10.1. The van der Waals surface area contributed by atoms with Crippen LogP contribution in [0.4, 0.5) is 5.69 Å². The Morgan fingerprint density at radius 3 is 2.56 bits per heavy atom. The van der Waals surface area contributed by atoms with E-state index in [0.717, 1.165) is 16.1 Å². The normalized spacial score (nSPS) is 11.4. The highest BCUT2D eigenvalue weighted by molar-refractivity contribution is 6.31. The van der Waals surface area contributed by atoms with Gasteiger partial charge in [-0.3, -0.25) is 14.9 Å². The number of benzene rings is 4. The van der Waals surface area contributed by atoms with Crippen molar-refractivity contribution in [1.82, 2.24) is 9.66 Å². The quantitative estimate of drug-likeness (QED) is 0.119. The van der Waals surface area contributed by atoms with Crippen LogP contribution in [-0.4, -0.2) is 31.9 Å². The third-order valence-electron chi connectivity index (χ3n) is 6.56. The van der Waals surface area contributed by atoms with Crippen molar-refractivity contribution in [2.24, 2.45) is 5.10 Å². The van der Waals surface area contributed by atoms with E-state index in [9.17, 15) is 19.7 Å². The molecule has 0 fully saturated rings. The van der Waals surface area contributed by atoms with Crippen LogP contribution < -0.4 is 10.3 Å². The molecule has 0 aliphatic carbocycles. The number of carboxylic acids is 1. The number of hydrogen-bond donors (Lipinski definition) is 1. The predicted octanol–water partition coefficient (Wildman–Crippen LogP) is 6.53. The summed E-state index contributed by atoms with van der Waals surface area (Å²) in [7, 11) is 0. The Morgan fingerprint density at radius 2 is 1.81 bits per heavy atom. The van der Waals surface area contributed by atoms with Crippen LogP contribution in [0.25, 0.3) is 33.5 Å². The lowest BCUT2D eigenvalue weighted by Gasteiger charge is -2.11. The SMILES string of the molecule is O=C(O)c1ccc(COc2c(C=Nn3c(-c4cc5ccccc5o4)nc4ccccc4c3=O)cc(Cl)cc2[N+](=O)[O-])cc1. The second-order valence-corrected chi connectivity index (χ2v) is 9.79. The zero-order valence-electron chi connectivity index (χ0n) is 22.0. The van der Waals surface area contributed by atoms with Gasteiger partial charge in [-0.05, 0) is 48.0 Å². The molecule has 0 radical (unpaired) electrons. The van der Waals surface area contributed by atoms with Crippen LogP contribution in [0.5, 0.6) is 5.75 Å². The van der Waals surface area contributed by atoms with Gasteiger partial charge in [-0.25, -0.2) is 9.78 Å². The Labute approximate surface area is 247 Å². The first-order valence-electron chi connectivity index (χ1n) is 12.8. The van der Waals surface area contributed by atoms with Crippen LogP contribution in [0.2, 0.25) is 5.02 Å². The van der Waals surface area contributed by atoms with Crippen molar-refractivity contribution >= 4 is 51.3 Å². The summed E-state index contributed by atoms with van der Waals surface area (Å²) in [5.41, 5.74) is 0.895. The Balaban J connectivity index is 1.46. The molecule has 0 aliphatic rings. The monoisotopic (exact) mass is 594 g/mol. The van der Waals surface area contributed by atoms with Gasteiger partial charge in [0, 0.05) is 22.0 Å². The molecule has 12 heteroatoms. The van der Waals surface area contributed by atoms with Gasteiger partial charge >= 0.3 is 11.7 Å². The van der Waals surface area contributed by atoms with E-state index in [-0.39, 0.29) is 34.3 Å². The number of fused-ring (bicyclic) bond motifs is 2. The van der Waals surface area contributed by atoms with Crippen molar-refractivity contribution in [2.75, 3.05) is 0 Å². The van der Waals surface area contributed by atoms with Crippen molar-refractivity contribution in [3.05, 3.63) is 133 Å². The molecular formula is C31H19ClN4O7. The van der Waals surface area contributed by atoms with Crippen molar-refractivity contribution in [3.63, 3.8) is 0 Å². The molecule has 0 bridgehead atoms. The van der Waals surface area contributed by atoms with E-state index < -0.39 is 22.1 Å². The number of furan rings is 1. The Kier molecular flexibility index (Phi) is 7.14. The Morgan fingerprint density at radius 1 is 1.07 bits per heavy atom. The molecule has 212 valence electrons. The second-order valence-electron chi connectivity index (χ2n) is 9.35. The van der Waals surface area contributed by atoms with Crippen LogP contribution in [0.1, 0.15) is 21.5 Å². The minimum atomic E-state index is -1.08. The zero-order chi connectivity index (χ0) is 30.1. The molecule has 11 nitrogen and oxygen atoms in total. The number of ether oxygens (including phenoxy) is 1. The van der Waals surface area contributed by atoms with E-state index in [0.29, 0.717) is 27.8 Å². The standard InChI is InChI=1S/C31H19ClN4O7/c32-22-13-21(28(25(15-22)36(40)41)42-17-18-9-11-19(12-10-18)31(38)39)16-33-35-29(27-14-20-5-1-4-8-26(20)43-27)34-24-7-3-2-6-23(24)30(35)37/h1-16H,17H2,(H,38,39). The summed E-state index contributed by atoms with van der Waals surface area (Å²) < 4.78 is 12.9. The smallest absolute Gasteiger partial charge is 0.335 e. The molecule has 2 aromatic heterocycles. The third kappa shape index (κ3) is 5.44. The van der Waals surface area contributed by atoms with Crippen molar-refractivity contribution in [1.29, 1.82) is 0 Å². The number of para-hydroxylation sites is 2. The van der Waals surface area contributed by atoms with E-state index >= 15 is 0 Å². The highest BCUT2D eigenvalue weighted by Gasteiger charge is 2.22. The minimum absolute atomic E-state index is 0.0489. The van der Waals surface area contributed by atoms with Crippen LogP contribution >= 0.6 is 11.6 Å². The van der Waals surface area contributed by atoms with E-state index in [1.165, 1.54) is 24.4 Å². The summed E-state index contributed by atoms with van der Waals surface area (Å²) >= 11 is 6.22. The van der Waals surface area contributed by atoms with E-state index in [2.05, 4.69) is 10.1 Å². The molecule has 0 aliphatic heterocycles. The molecule has 4 aromatic carbocycles. The summed E-state index contributed by atoms with van der Waals surface area (Å²) in [6.45, 7) is -0.120. The van der Waals surface area contributed by atoms with Crippen molar-refractivity contribution in [3.8, 4) is 17.3 Å². The van der Waals surface area contributed by atoms with E-state index in [4.69, 9.17) is 25.9 Å². The fourth-order valence-electron chi connectivity index (χ4n) is 4.49. The third-order valence-corrected chi connectivity index (χ3v) is 6.77. The van der Waals surface area contributed by atoms with Gasteiger partial charge in [-0.15, -0.1) is 0 Å². The first kappa shape index (κ1) is 27.4. The number of carboxylic acid groups (broad SMARTS) is 1. The number of rotatable bonds is 8. The number of hydrogen-bond acceptors (Lipinski definition) is 8. The number of carbonyl (C=O) groups is 1. The molecule has 1 N–H and O–H groups in total. The highest BCUT2D eigenvalue weighted by Crippen LogP contribution is 2.35. The topological polar surface area (TPSA) is 150 Å². The summed E-state index contributed by atoms with van der Waals surface area (Å²) in [4.78, 5) is 40.7. The summed E-state index contributed by atoms with van der Waals surface area (Å²) in [5.74, 6) is -0.819. The maximum Gasteiger partial charge on any atom is 0.335 e. The van der Waals surface area contributed by atoms with Gasteiger partial charge in [0.1, 0.15) is 12.2 Å². The summed E-state index contributed by atoms with van der Waals surface area (Å²) in [5, 5.41) is 26.6. The molecule has 2 heterocycles. The van der Waals surface area contributed by atoms with Crippen LogP contribution in [0.3, 0.4) is 0 Å². The van der Waals surface area contributed by atoms with Gasteiger partial charge in [-0.2, -0.15) is 9.78 Å². The molecule has 0 atom stereocenters. The molecule has 0 saturated heterocycles. The maximum atomic E-state index is 13.6. The van der Waals surface area contributed by atoms with Gasteiger partial charge in [-0.1, -0.05) is 54.1 Å². The second kappa shape index (κ2) is 11.2. The van der Waals surface area contributed by atoms with E-state index in [1.54, 1.807) is 48.5 Å².